The Hall–Kier alpha value is -1.15. The van der Waals surface area contributed by atoms with Gasteiger partial charge < -0.3 is 0 Å². The van der Waals surface area contributed by atoms with Crippen molar-refractivity contribution in [2.24, 2.45) is 5.92 Å². The first-order valence-electron chi connectivity index (χ1n) is 8.06. The van der Waals surface area contributed by atoms with E-state index in [-0.39, 0.29) is 11.5 Å². The van der Waals surface area contributed by atoms with Gasteiger partial charge in [-0.3, -0.25) is 9.69 Å². The van der Waals surface area contributed by atoms with E-state index < -0.39 is 0 Å². The predicted molar refractivity (Wildman–Crippen MR) is 82.1 cm³/mol. The molecule has 1 heterocycles. The fraction of sp³-hybridized carbons (Fsp3) is 0.611. The lowest BCUT2D eigenvalue weighted by Gasteiger charge is -2.49. The normalized spacial score (nSPS) is 30.5. The lowest BCUT2D eigenvalue weighted by molar-refractivity contribution is 0.0362. The summed E-state index contributed by atoms with van der Waals surface area (Å²) in [5.41, 5.74) is 2.29. The first-order valence-corrected chi connectivity index (χ1v) is 8.06. The van der Waals surface area contributed by atoms with Gasteiger partial charge >= 0.3 is 0 Å². The van der Waals surface area contributed by atoms with Gasteiger partial charge in [0, 0.05) is 17.0 Å². The van der Waals surface area contributed by atoms with Crippen molar-refractivity contribution in [3.8, 4) is 0 Å². The molecule has 0 aromatic heterocycles. The van der Waals surface area contributed by atoms with Crippen LogP contribution in [-0.2, 0) is 6.42 Å². The van der Waals surface area contributed by atoms with Gasteiger partial charge in [-0.1, -0.05) is 44.5 Å². The molecule has 1 aromatic rings. The Morgan fingerprint density at radius 1 is 1.25 bits per heavy atom. The molecule has 2 aliphatic rings. The highest BCUT2D eigenvalue weighted by molar-refractivity contribution is 6.01. The molecule has 1 aliphatic carbocycles. The van der Waals surface area contributed by atoms with Crippen LogP contribution in [0, 0.1) is 5.92 Å². The molecular weight excluding hydrogens is 246 g/mol. The van der Waals surface area contributed by atoms with Gasteiger partial charge in [0.05, 0.1) is 0 Å². The van der Waals surface area contributed by atoms with Gasteiger partial charge in [0.25, 0.3) is 0 Å². The average Bonchev–Trinajstić information content (AvgIpc) is 2.99. The maximum atomic E-state index is 12.8. The van der Waals surface area contributed by atoms with Crippen molar-refractivity contribution < 1.29 is 4.79 Å². The van der Waals surface area contributed by atoms with Gasteiger partial charge in [-0.05, 0) is 44.3 Å². The lowest BCUT2D eigenvalue weighted by Crippen LogP contribution is -2.58. The van der Waals surface area contributed by atoms with Crippen molar-refractivity contribution >= 4 is 5.78 Å². The van der Waals surface area contributed by atoms with Crippen LogP contribution in [0.25, 0.3) is 0 Å². The first-order chi connectivity index (χ1) is 9.69. The zero-order valence-corrected chi connectivity index (χ0v) is 12.7. The van der Waals surface area contributed by atoms with E-state index in [1.165, 1.54) is 31.5 Å². The molecule has 3 rings (SSSR count). The molecule has 1 aliphatic heterocycles. The van der Waals surface area contributed by atoms with Crippen LogP contribution >= 0.6 is 0 Å². The summed E-state index contributed by atoms with van der Waals surface area (Å²) in [5, 5.41) is 0. The Kier molecular flexibility index (Phi) is 3.68. The van der Waals surface area contributed by atoms with Crippen molar-refractivity contribution in [2.75, 3.05) is 13.1 Å². The zero-order chi connectivity index (χ0) is 14.2. The monoisotopic (exact) mass is 271 g/mol. The largest absolute Gasteiger partial charge is 0.297 e. The number of fused-ring (bicyclic) bond motifs is 1. The molecule has 0 bridgehead atoms. The molecule has 1 fully saturated rings. The highest BCUT2D eigenvalue weighted by Crippen LogP contribution is 2.42. The van der Waals surface area contributed by atoms with Gasteiger partial charge in [-0.2, -0.15) is 0 Å². The Labute approximate surface area is 122 Å². The van der Waals surface area contributed by atoms with E-state index in [9.17, 15) is 4.79 Å². The number of carbonyl (C=O) groups excluding carboxylic acids is 1. The smallest absolute Gasteiger partial charge is 0.167 e. The van der Waals surface area contributed by atoms with Crippen LogP contribution in [0.3, 0.4) is 0 Å². The topological polar surface area (TPSA) is 20.3 Å². The zero-order valence-electron chi connectivity index (χ0n) is 12.7. The predicted octanol–water partition coefficient (Wildman–Crippen LogP) is 3.70. The van der Waals surface area contributed by atoms with Crippen LogP contribution < -0.4 is 0 Å². The third kappa shape index (κ3) is 2.01. The molecule has 1 aromatic carbocycles. The van der Waals surface area contributed by atoms with E-state index in [1.807, 2.05) is 12.1 Å². The standard InChI is InChI=1S/C18H25NO/c1-3-10-18(19-11-6-7-12-19)13-15-8-4-5-9-16(15)17(20)14(18)2/h4-5,8-9,14H,3,6-7,10-13H2,1-2H3. The molecule has 0 N–H and O–H groups in total. The quantitative estimate of drug-likeness (QED) is 0.835. The maximum Gasteiger partial charge on any atom is 0.167 e. The Morgan fingerprint density at radius 2 is 1.95 bits per heavy atom. The Bertz CT molecular complexity index is 504. The van der Waals surface area contributed by atoms with Crippen molar-refractivity contribution in [3.05, 3.63) is 35.4 Å². The van der Waals surface area contributed by atoms with Gasteiger partial charge in [0.1, 0.15) is 0 Å². The maximum absolute atomic E-state index is 12.8. The summed E-state index contributed by atoms with van der Waals surface area (Å²) in [6.07, 6.45) is 5.90. The summed E-state index contributed by atoms with van der Waals surface area (Å²) in [7, 11) is 0. The van der Waals surface area contributed by atoms with Crippen LogP contribution in [-0.4, -0.2) is 29.3 Å². The number of nitrogens with zero attached hydrogens (tertiary/aromatic N) is 1. The minimum Gasteiger partial charge on any atom is -0.297 e. The van der Waals surface area contributed by atoms with Gasteiger partial charge in [0.2, 0.25) is 0 Å². The number of rotatable bonds is 3. The van der Waals surface area contributed by atoms with Crippen LogP contribution in [0.2, 0.25) is 0 Å². The molecule has 0 spiro atoms. The summed E-state index contributed by atoms with van der Waals surface area (Å²) >= 11 is 0. The first kappa shape index (κ1) is 13.8. The van der Waals surface area contributed by atoms with E-state index >= 15 is 0 Å². The second kappa shape index (κ2) is 5.33. The van der Waals surface area contributed by atoms with E-state index in [4.69, 9.17) is 0 Å². The van der Waals surface area contributed by atoms with Crippen LogP contribution in [0.15, 0.2) is 24.3 Å². The third-order valence-corrected chi connectivity index (χ3v) is 5.40. The second-order valence-electron chi connectivity index (χ2n) is 6.47. The van der Waals surface area contributed by atoms with Crippen molar-refractivity contribution in [2.45, 2.75) is 51.5 Å². The van der Waals surface area contributed by atoms with E-state index in [0.29, 0.717) is 5.78 Å². The SMILES string of the molecule is CCCC1(N2CCCC2)Cc2ccccc2C(=O)C1C. The molecule has 0 radical (unpaired) electrons. The van der Waals surface area contributed by atoms with Crippen molar-refractivity contribution in [3.63, 3.8) is 0 Å². The van der Waals surface area contributed by atoms with Gasteiger partial charge in [-0.15, -0.1) is 0 Å². The summed E-state index contributed by atoms with van der Waals surface area (Å²) in [6, 6.07) is 8.22. The number of Topliss-reactive ketones (excluding diaryl/α,β-unsaturated/α-hetero) is 1. The van der Waals surface area contributed by atoms with Crippen molar-refractivity contribution in [1.29, 1.82) is 0 Å². The molecule has 1 saturated heterocycles. The number of carbonyl (C=O) groups is 1. The minimum absolute atomic E-state index is 0.0662. The molecular formula is C18H25NO. The van der Waals surface area contributed by atoms with Crippen LogP contribution in [0.5, 0.6) is 0 Å². The molecule has 2 heteroatoms. The van der Waals surface area contributed by atoms with Crippen LogP contribution in [0.4, 0.5) is 0 Å². The molecule has 2 atom stereocenters. The third-order valence-electron chi connectivity index (χ3n) is 5.40. The average molecular weight is 271 g/mol. The number of ketones is 1. The Balaban J connectivity index is 2.04. The molecule has 108 valence electrons. The van der Waals surface area contributed by atoms with E-state index in [0.717, 1.165) is 24.8 Å². The molecule has 0 amide bonds. The molecule has 2 nitrogen and oxygen atoms in total. The number of benzene rings is 1. The summed E-state index contributed by atoms with van der Waals surface area (Å²) in [4.78, 5) is 15.5. The lowest BCUT2D eigenvalue weighted by atomic mass is 9.67. The second-order valence-corrected chi connectivity index (χ2v) is 6.47. The summed E-state index contributed by atoms with van der Waals surface area (Å²) in [5.74, 6) is 0.475. The minimum atomic E-state index is 0.0662. The fourth-order valence-corrected chi connectivity index (χ4v) is 4.32. The summed E-state index contributed by atoms with van der Waals surface area (Å²) in [6.45, 7) is 6.74. The summed E-state index contributed by atoms with van der Waals surface area (Å²) < 4.78 is 0. The van der Waals surface area contributed by atoms with Crippen LogP contribution in [0.1, 0.15) is 55.5 Å². The highest BCUT2D eigenvalue weighted by Gasteiger charge is 2.48. The van der Waals surface area contributed by atoms with E-state index in [2.05, 4.69) is 30.9 Å². The molecule has 20 heavy (non-hydrogen) atoms. The number of hydrogen-bond donors (Lipinski definition) is 0. The Morgan fingerprint density at radius 3 is 2.65 bits per heavy atom. The van der Waals surface area contributed by atoms with Crippen molar-refractivity contribution in [1.82, 2.24) is 4.90 Å². The van der Waals surface area contributed by atoms with E-state index in [1.54, 1.807) is 0 Å². The fourth-order valence-electron chi connectivity index (χ4n) is 4.32. The number of hydrogen-bond acceptors (Lipinski definition) is 2. The van der Waals surface area contributed by atoms with Gasteiger partial charge in [-0.25, -0.2) is 0 Å². The molecule has 2 unspecified atom stereocenters. The van der Waals surface area contributed by atoms with Gasteiger partial charge in [0.15, 0.2) is 5.78 Å². The molecule has 0 saturated carbocycles. The highest BCUT2D eigenvalue weighted by atomic mass is 16.1. The number of likely N-dealkylation sites (tertiary alicyclic amines) is 1.